The van der Waals surface area contributed by atoms with E-state index in [2.05, 4.69) is 15.6 Å². The summed E-state index contributed by atoms with van der Waals surface area (Å²) in [6.07, 6.45) is -0.558. The number of nitrogens with one attached hydrogen (secondary N) is 2. The van der Waals surface area contributed by atoms with E-state index in [1.165, 1.54) is 35.4 Å². The normalized spacial score (nSPS) is 20.2. The molecule has 0 aliphatic carbocycles. The first-order chi connectivity index (χ1) is 16.3. The molecule has 3 amide bonds. The average molecular weight is 489 g/mol. The molecule has 0 unspecified atom stereocenters. The van der Waals surface area contributed by atoms with Gasteiger partial charge < -0.3 is 15.0 Å². The zero-order chi connectivity index (χ0) is 25.9. The van der Waals surface area contributed by atoms with Crippen LogP contribution in [0.2, 0.25) is 0 Å². The average Bonchev–Trinajstić information content (AvgIpc) is 2.74. The highest BCUT2D eigenvalue weighted by molar-refractivity contribution is 6.39. The summed E-state index contributed by atoms with van der Waals surface area (Å²) in [5.74, 6) is -2.24. The van der Waals surface area contributed by atoms with Gasteiger partial charge in [-0.05, 0) is 69.4 Å². The van der Waals surface area contributed by atoms with Crippen LogP contribution in [0.3, 0.4) is 0 Å². The summed E-state index contributed by atoms with van der Waals surface area (Å²) >= 11 is 0. The Bertz CT molecular complexity index is 1100. The number of aromatic nitrogens is 1. The summed E-state index contributed by atoms with van der Waals surface area (Å²) < 4.78 is 33.6. The lowest BCUT2D eigenvalue weighted by Crippen LogP contribution is -2.50. The van der Waals surface area contributed by atoms with Crippen molar-refractivity contribution in [3.63, 3.8) is 0 Å². The lowest BCUT2D eigenvalue weighted by atomic mass is 9.88. The molecule has 1 aromatic carbocycles. The Hall–Kier alpha value is -3.56. The topological polar surface area (TPSA) is 101 Å². The van der Waals surface area contributed by atoms with E-state index in [0.29, 0.717) is 11.1 Å². The molecule has 1 saturated heterocycles. The van der Waals surface area contributed by atoms with Crippen LogP contribution in [0.25, 0.3) is 0 Å². The lowest BCUT2D eigenvalue weighted by Gasteiger charge is -2.40. The van der Waals surface area contributed by atoms with Gasteiger partial charge in [0.1, 0.15) is 23.4 Å². The number of hydrogen-bond acceptors (Lipinski definition) is 5. The molecule has 10 heteroatoms. The van der Waals surface area contributed by atoms with E-state index < -0.39 is 41.5 Å². The van der Waals surface area contributed by atoms with E-state index in [0.717, 1.165) is 0 Å². The number of piperidine rings is 1. The minimum Gasteiger partial charge on any atom is -0.444 e. The molecule has 0 spiro atoms. The predicted molar refractivity (Wildman–Crippen MR) is 127 cm³/mol. The highest BCUT2D eigenvalue weighted by Gasteiger charge is 2.40. The zero-order valence-corrected chi connectivity index (χ0v) is 20.4. The summed E-state index contributed by atoms with van der Waals surface area (Å²) in [5.41, 5.74) is 0.501. The third-order valence-corrected chi connectivity index (χ3v) is 5.44. The summed E-state index contributed by atoms with van der Waals surface area (Å²) in [5, 5.41) is 5.02. The van der Waals surface area contributed by atoms with Gasteiger partial charge in [0, 0.05) is 6.54 Å². The summed E-state index contributed by atoms with van der Waals surface area (Å²) in [4.78, 5) is 43.1. The molecular formula is C25H30F2N4O4. The van der Waals surface area contributed by atoms with E-state index in [4.69, 9.17) is 4.74 Å². The fraction of sp³-hybridized carbons (Fsp3) is 0.440. The van der Waals surface area contributed by atoms with Crippen LogP contribution >= 0.6 is 0 Å². The maximum absolute atomic E-state index is 15.0. The Balaban J connectivity index is 1.73. The molecule has 3 rings (SSSR count). The molecule has 1 aromatic heterocycles. The minimum atomic E-state index is -1.40. The monoisotopic (exact) mass is 488 g/mol. The molecule has 0 saturated carbocycles. The van der Waals surface area contributed by atoms with E-state index in [1.807, 2.05) is 0 Å². The third kappa shape index (κ3) is 6.74. The van der Waals surface area contributed by atoms with Crippen LogP contribution in [0.5, 0.6) is 0 Å². The molecule has 35 heavy (non-hydrogen) atoms. The number of hydrogen-bond donors (Lipinski definition) is 2. The van der Waals surface area contributed by atoms with Gasteiger partial charge in [0.25, 0.3) is 0 Å². The van der Waals surface area contributed by atoms with Gasteiger partial charge in [0.05, 0.1) is 17.9 Å². The molecule has 0 radical (unpaired) electrons. The number of benzene rings is 1. The van der Waals surface area contributed by atoms with Crippen LogP contribution < -0.4 is 10.6 Å². The summed E-state index contributed by atoms with van der Waals surface area (Å²) in [7, 11) is 0. The number of aryl methyl sites for hydroxylation is 1. The molecule has 188 valence electrons. The number of amides is 3. The first-order valence-electron chi connectivity index (χ1n) is 11.3. The van der Waals surface area contributed by atoms with Crippen molar-refractivity contribution in [1.82, 2.24) is 9.88 Å². The maximum Gasteiger partial charge on any atom is 0.413 e. The number of rotatable bonds is 3. The second-order valence-corrected chi connectivity index (χ2v) is 9.78. The molecule has 2 aromatic rings. The van der Waals surface area contributed by atoms with Crippen LogP contribution in [-0.2, 0) is 14.3 Å². The smallest absolute Gasteiger partial charge is 0.413 e. The largest absolute Gasteiger partial charge is 0.444 e. The molecule has 2 heterocycles. The van der Waals surface area contributed by atoms with Crippen molar-refractivity contribution in [1.29, 1.82) is 0 Å². The Kier molecular flexibility index (Phi) is 7.72. The molecule has 1 fully saturated rings. The number of ether oxygens (including phenoxy) is 1. The van der Waals surface area contributed by atoms with E-state index >= 15 is 4.39 Å². The molecule has 8 nitrogen and oxygen atoms in total. The van der Waals surface area contributed by atoms with Gasteiger partial charge in [0.2, 0.25) is 0 Å². The van der Waals surface area contributed by atoms with Crippen molar-refractivity contribution >= 4 is 29.4 Å². The zero-order valence-electron chi connectivity index (χ0n) is 20.4. The number of carbonyl (C=O) groups is 3. The fourth-order valence-corrected chi connectivity index (χ4v) is 3.98. The lowest BCUT2D eigenvalue weighted by molar-refractivity contribution is -0.148. The summed E-state index contributed by atoms with van der Waals surface area (Å²) in [6, 6.07) is 5.78. The highest BCUT2D eigenvalue weighted by atomic mass is 19.1. The third-order valence-electron chi connectivity index (χ3n) is 5.44. The van der Waals surface area contributed by atoms with Crippen molar-refractivity contribution < 1.29 is 27.9 Å². The second kappa shape index (κ2) is 10.4. The van der Waals surface area contributed by atoms with Crippen LogP contribution in [0.1, 0.15) is 51.3 Å². The van der Waals surface area contributed by atoms with Crippen molar-refractivity contribution in [3.8, 4) is 0 Å². The number of nitrogens with zero attached hydrogens (tertiary/aromatic N) is 2. The van der Waals surface area contributed by atoms with Gasteiger partial charge in [-0.1, -0.05) is 19.1 Å². The number of likely N-dealkylation sites (tertiary alicyclic amines) is 1. The van der Waals surface area contributed by atoms with Crippen LogP contribution in [0.15, 0.2) is 36.5 Å². The Morgan fingerprint density at radius 2 is 1.80 bits per heavy atom. The number of carbonyl (C=O) groups excluding carboxylic acids is 3. The second-order valence-electron chi connectivity index (χ2n) is 9.78. The maximum atomic E-state index is 15.0. The van der Waals surface area contributed by atoms with Crippen molar-refractivity contribution in [2.75, 3.05) is 17.2 Å². The van der Waals surface area contributed by atoms with Crippen molar-refractivity contribution in [2.24, 2.45) is 5.92 Å². The van der Waals surface area contributed by atoms with Crippen molar-refractivity contribution in [3.05, 3.63) is 53.5 Å². The first-order valence-corrected chi connectivity index (χ1v) is 11.3. The van der Waals surface area contributed by atoms with E-state index in [-0.39, 0.29) is 30.4 Å². The van der Waals surface area contributed by atoms with Crippen LogP contribution in [0, 0.1) is 18.7 Å². The quantitative estimate of drug-likeness (QED) is 0.607. The molecule has 2 N–H and O–H groups in total. The minimum absolute atomic E-state index is 0.152. The molecular weight excluding hydrogens is 458 g/mol. The number of alkyl halides is 1. The Morgan fingerprint density at radius 1 is 1.14 bits per heavy atom. The number of pyridine rings is 1. The fourth-order valence-electron chi connectivity index (χ4n) is 3.98. The molecule has 1 aliphatic heterocycles. The van der Waals surface area contributed by atoms with Gasteiger partial charge in [-0.25, -0.2) is 18.6 Å². The van der Waals surface area contributed by atoms with E-state index in [1.54, 1.807) is 40.7 Å². The summed E-state index contributed by atoms with van der Waals surface area (Å²) in [6.45, 7) is 8.86. The van der Waals surface area contributed by atoms with Gasteiger partial charge in [-0.2, -0.15) is 0 Å². The SMILES string of the molecule is Cc1cc(NC(=O)C(=O)N2C[C@@H](C)C[C@@H](F)[C@@H]2c2ccc(F)cc2)cnc1NC(=O)OC(C)(C)C. The number of anilines is 2. The van der Waals surface area contributed by atoms with Gasteiger partial charge in [-0.15, -0.1) is 0 Å². The molecule has 3 atom stereocenters. The Morgan fingerprint density at radius 3 is 2.40 bits per heavy atom. The number of halogens is 2. The van der Waals surface area contributed by atoms with Gasteiger partial charge >= 0.3 is 17.9 Å². The van der Waals surface area contributed by atoms with Gasteiger partial charge in [0.15, 0.2) is 0 Å². The molecule has 1 aliphatic rings. The predicted octanol–water partition coefficient (Wildman–Crippen LogP) is 4.76. The van der Waals surface area contributed by atoms with E-state index in [9.17, 15) is 18.8 Å². The highest BCUT2D eigenvalue weighted by Crippen LogP contribution is 2.36. The van der Waals surface area contributed by atoms with Gasteiger partial charge in [-0.3, -0.25) is 14.9 Å². The standard InChI is InChI=1S/C25H30F2N4O4/c1-14-10-19(27)20(16-6-8-17(26)9-7-16)31(13-14)23(33)22(32)29-18-11-15(2)21(28-12-18)30-24(34)35-25(3,4)5/h6-9,11-12,14,19-20H,10,13H2,1-5H3,(H,29,32)(H,28,30,34)/t14-,19+,20-/m0/s1. The Labute approximate surface area is 203 Å². The first kappa shape index (κ1) is 26.1. The van der Waals surface area contributed by atoms with Crippen molar-refractivity contribution in [2.45, 2.75) is 58.9 Å². The van der Waals surface area contributed by atoms with Crippen LogP contribution in [-0.4, -0.2) is 46.1 Å². The molecule has 0 bridgehead atoms. The van der Waals surface area contributed by atoms with Crippen LogP contribution in [0.4, 0.5) is 25.1 Å².